The van der Waals surface area contributed by atoms with E-state index in [1.54, 1.807) is 24.3 Å². The fourth-order valence-electron chi connectivity index (χ4n) is 2.53. The second-order valence-corrected chi connectivity index (χ2v) is 7.18. The van der Waals surface area contributed by atoms with Crippen LogP contribution in [0.5, 0.6) is 0 Å². The molecule has 0 aromatic heterocycles. The Labute approximate surface area is 125 Å². The molecule has 0 saturated carbocycles. The first-order chi connectivity index (χ1) is 9.83. The van der Waals surface area contributed by atoms with Gasteiger partial charge in [-0.15, -0.1) is 0 Å². The molecule has 1 amide bonds. The van der Waals surface area contributed by atoms with Crippen molar-refractivity contribution in [3.05, 3.63) is 29.8 Å². The average Bonchev–Trinajstić information content (AvgIpc) is 2.39. The van der Waals surface area contributed by atoms with Gasteiger partial charge in [-0.1, -0.05) is 12.1 Å². The van der Waals surface area contributed by atoms with Gasteiger partial charge in [-0.3, -0.25) is 4.79 Å². The summed E-state index contributed by atoms with van der Waals surface area (Å²) < 4.78 is 22.0. The van der Waals surface area contributed by atoms with Gasteiger partial charge in [0.05, 0.1) is 5.75 Å². The zero-order valence-electron chi connectivity index (χ0n) is 12.0. The maximum atomic E-state index is 12.2. The number of sulfonamides is 1. The molecular weight excluding hydrogens is 290 g/mol. The van der Waals surface area contributed by atoms with Crippen molar-refractivity contribution in [3.8, 4) is 0 Å². The van der Waals surface area contributed by atoms with Gasteiger partial charge in [-0.05, 0) is 44.0 Å². The molecular formula is C14H21N3O3S. The molecule has 21 heavy (non-hydrogen) atoms. The van der Waals surface area contributed by atoms with Crippen molar-refractivity contribution >= 4 is 21.6 Å². The standard InChI is InChI=1S/C14H21N3O3S/c1-10-8-12(6-7-16-10)14(18)17-13-4-2-11(3-5-13)9-21(15,19)20/h2-5,10,12,16H,6-9H2,1H3,(H,17,18)(H2,15,19,20). The van der Waals surface area contributed by atoms with Gasteiger partial charge in [-0.25, -0.2) is 13.6 Å². The van der Waals surface area contributed by atoms with Crippen LogP contribution in [0.3, 0.4) is 0 Å². The van der Waals surface area contributed by atoms with Crippen molar-refractivity contribution in [2.24, 2.45) is 11.1 Å². The van der Waals surface area contributed by atoms with Crippen LogP contribution < -0.4 is 15.8 Å². The molecule has 1 aliphatic rings. The second kappa shape index (κ2) is 6.55. The predicted octanol–water partition coefficient (Wildman–Crippen LogP) is 0.802. The van der Waals surface area contributed by atoms with Crippen LogP contribution in [0.2, 0.25) is 0 Å². The van der Waals surface area contributed by atoms with Crippen LogP contribution in [0.25, 0.3) is 0 Å². The number of hydrogen-bond acceptors (Lipinski definition) is 4. The number of primary sulfonamides is 1. The van der Waals surface area contributed by atoms with E-state index in [2.05, 4.69) is 17.6 Å². The molecule has 6 nitrogen and oxygen atoms in total. The lowest BCUT2D eigenvalue weighted by atomic mass is 9.92. The third-order valence-electron chi connectivity index (χ3n) is 3.58. The molecule has 2 rings (SSSR count). The molecule has 1 aromatic carbocycles. The Morgan fingerprint density at radius 3 is 2.62 bits per heavy atom. The van der Waals surface area contributed by atoms with Crippen LogP contribution >= 0.6 is 0 Å². The van der Waals surface area contributed by atoms with Gasteiger partial charge >= 0.3 is 0 Å². The normalized spacial score (nSPS) is 22.8. The highest BCUT2D eigenvalue weighted by Gasteiger charge is 2.24. The van der Waals surface area contributed by atoms with E-state index >= 15 is 0 Å². The predicted molar refractivity (Wildman–Crippen MR) is 82.1 cm³/mol. The number of piperidine rings is 1. The second-order valence-electron chi connectivity index (χ2n) is 5.57. The first kappa shape index (κ1) is 15.9. The third kappa shape index (κ3) is 5.11. The van der Waals surface area contributed by atoms with E-state index < -0.39 is 10.0 Å². The maximum absolute atomic E-state index is 12.2. The van der Waals surface area contributed by atoms with Gasteiger partial charge in [-0.2, -0.15) is 0 Å². The van der Waals surface area contributed by atoms with Crippen LogP contribution in [0.1, 0.15) is 25.3 Å². The summed E-state index contributed by atoms with van der Waals surface area (Å²) in [6.45, 7) is 2.92. The zero-order chi connectivity index (χ0) is 15.5. The SMILES string of the molecule is CC1CC(C(=O)Nc2ccc(CS(N)(=O)=O)cc2)CCN1. The van der Waals surface area contributed by atoms with Crippen LogP contribution in [0, 0.1) is 5.92 Å². The summed E-state index contributed by atoms with van der Waals surface area (Å²) >= 11 is 0. The molecule has 0 aliphatic carbocycles. The van der Waals surface area contributed by atoms with E-state index in [4.69, 9.17) is 5.14 Å². The summed E-state index contributed by atoms with van der Waals surface area (Å²) in [5.41, 5.74) is 1.27. The largest absolute Gasteiger partial charge is 0.326 e. The molecule has 1 aromatic rings. The maximum Gasteiger partial charge on any atom is 0.227 e. The molecule has 2 atom stereocenters. The summed E-state index contributed by atoms with van der Waals surface area (Å²) in [5.74, 6) is -0.166. The Balaban J connectivity index is 1.95. The van der Waals surface area contributed by atoms with E-state index in [1.807, 2.05) is 0 Å². The summed E-state index contributed by atoms with van der Waals surface area (Å²) in [4.78, 5) is 12.2. The van der Waals surface area contributed by atoms with Crippen molar-refractivity contribution < 1.29 is 13.2 Å². The number of nitrogens with one attached hydrogen (secondary N) is 2. The molecule has 0 spiro atoms. The van der Waals surface area contributed by atoms with Gasteiger partial charge in [0.2, 0.25) is 15.9 Å². The minimum Gasteiger partial charge on any atom is -0.326 e. The molecule has 7 heteroatoms. The average molecular weight is 311 g/mol. The highest BCUT2D eigenvalue weighted by Crippen LogP contribution is 2.19. The van der Waals surface area contributed by atoms with E-state index in [1.165, 1.54) is 0 Å². The zero-order valence-corrected chi connectivity index (χ0v) is 12.8. The summed E-state index contributed by atoms with van der Waals surface area (Å²) in [5, 5.41) is 11.2. The smallest absolute Gasteiger partial charge is 0.227 e. The van der Waals surface area contributed by atoms with Gasteiger partial charge in [0, 0.05) is 17.6 Å². The van der Waals surface area contributed by atoms with Crippen molar-refractivity contribution in [1.29, 1.82) is 0 Å². The molecule has 4 N–H and O–H groups in total. The van der Waals surface area contributed by atoms with Crippen molar-refractivity contribution in [2.75, 3.05) is 11.9 Å². The number of hydrogen-bond donors (Lipinski definition) is 3. The first-order valence-corrected chi connectivity index (χ1v) is 8.69. The van der Waals surface area contributed by atoms with Gasteiger partial charge in [0.15, 0.2) is 0 Å². The minimum absolute atomic E-state index is 0.0162. The number of amides is 1. The molecule has 1 heterocycles. The number of nitrogens with two attached hydrogens (primary N) is 1. The lowest BCUT2D eigenvalue weighted by Gasteiger charge is -2.27. The Bertz CT molecular complexity index is 598. The molecule has 1 saturated heterocycles. The number of carbonyl (C=O) groups excluding carboxylic acids is 1. The van der Waals surface area contributed by atoms with Crippen LogP contribution in [-0.4, -0.2) is 26.9 Å². The number of carbonyl (C=O) groups is 1. The highest BCUT2D eigenvalue weighted by atomic mass is 32.2. The fraction of sp³-hybridized carbons (Fsp3) is 0.500. The van der Waals surface area contributed by atoms with Crippen molar-refractivity contribution in [1.82, 2.24) is 5.32 Å². The van der Waals surface area contributed by atoms with Gasteiger partial charge in [0.25, 0.3) is 0 Å². The topological polar surface area (TPSA) is 101 Å². The number of rotatable bonds is 4. The quantitative estimate of drug-likeness (QED) is 0.765. The van der Waals surface area contributed by atoms with Crippen LogP contribution in [0.4, 0.5) is 5.69 Å². The monoisotopic (exact) mass is 311 g/mol. The first-order valence-electron chi connectivity index (χ1n) is 6.97. The van der Waals surface area contributed by atoms with E-state index in [-0.39, 0.29) is 17.6 Å². The van der Waals surface area contributed by atoms with Crippen molar-refractivity contribution in [2.45, 2.75) is 31.6 Å². The van der Waals surface area contributed by atoms with E-state index in [0.29, 0.717) is 17.3 Å². The molecule has 0 radical (unpaired) electrons. The fourth-order valence-corrected chi connectivity index (χ4v) is 3.19. The molecule has 1 aliphatic heterocycles. The van der Waals surface area contributed by atoms with Crippen LogP contribution in [-0.2, 0) is 20.6 Å². The Kier molecular flexibility index (Phi) is 4.97. The summed E-state index contributed by atoms with van der Waals surface area (Å²) in [6.07, 6.45) is 1.66. The lowest BCUT2D eigenvalue weighted by molar-refractivity contribution is -0.120. The molecule has 1 fully saturated rings. The van der Waals surface area contributed by atoms with E-state index in [9.17, 15) is 13.2 Å². The van der Waals surface area contributed by atoms with Crippen LogP contribution in [0.15, 0.2) is 24.3 Å². The summed E-state index contributed by atoms with van der Waals surface area (Å²) in [6, 6.07) is 7.06. The minimum atomic E-state index is -3.53. The number of benzene rings is 1. The molecule has 0 bridgehead atoms. The Hall–Kier alpha value is -1.44. The third-order valence-corrected chi connectivity index (χ3v) is 4.32. The summed E-state index contributed by atoms with van der Waals surface area (Å²) in [7, 11) is -3.53. The molecule has 116 valence electrons. The Morgan fingerprint density at radius 2 is 2.05 bits per heavy atom. The van der Waals surface area contributed by atoms with Gasteiger partial charge in [0.1, 0.15) is 0 Å². The van der Waals surface area contributed by atoms with Crippen molar-refractivity contribution in [3.63, 3.8) is 0 Å². The van der Waals surface area contributed by atoms with Gasteiger partial charge < -0.3 is 10.6 Å². The van der Waals surface area contributed by atoms with E-state index in [0.717, 1.165) is 19.4 Å². The lowest BCUT2D eigenvalue weighted by Crippen LogP contribution is -2.40. The molecule has 2 unspecified atom stereocenters. The number of anilines is 1. The Morgan fingerprint density at radius 1 is 1.38 bits per heavy atom. The highest BCUT2D eigenvalue weighted by molar-refractivity contribution is 7.88.